The van der Waals surface area contributed by atoms with E-state index in [2.05, 4.69) is 20.3 Å². The standard InChI is InChI=1S/C12H11FN4S/c1-7-5-14-11(18-7)6-15-12-16-9-3-2-8(13)4-10(9)17-12/h2-5H,6H2,1H3,(H2,15,16,17). The number of nitrogens with zero attached hydrogens (tertiary/aromatic N) is 2. The molecule has 0 aliphatic carbocycles. The number of fused-ring (bicyclic) bond motifs is 1. The van der Waals surface area contributed by atoms with Crippen LogP contribution in [0.5, 0.6) is 0 Å². The highest BCUT2D eigenvalue weighted by Gasteiger charge is 2.04. The van der Waals surface area contributed by atoms with E-state index < -0.39 is 0 Å². The van der Waals surface area contributed by atoms with Crippen LogP contribution < -0.4 is 5.32 Å². The normalized spacial score (nSPS) is 11.0. The summed E-state index contributed by atoms with van der Waals surface area (Å²) in [5, 5.41) is 4.14. The van der Waals surface area contributed by atoms with Crippen molar-refractivity contribution in [3.8, 4) is 0 Å². The molecular formula is C12H11FN4S. The lowest BCUT2D eigenvalue weighted by molar-refractivity contribution is 0.629. The number of halogens is 1. The number of hydrogen-bond donors (Lipinski definition) is 2. The fraction of sp³-hybridized carbons (Fsp3) is 0.167. The van der Waals surface area contributed by atoms with E-state index in [1.54, 1.807) is 17.4 Å². The number of rotatable bonds is 3. The second kappa shape index (κ2) is 4.38. The van der Waals surface area contributed by atoms with Crippen molar-refractivity contribution in [1.82, 2.24) is 15.0 Å². The van der Waals surface area contributed by atoms with Crippen LogP contribution in [0.25, 0.3) is 11.0 Å². The van der Waals surface area contributed by atoms with Gasteiger partial charge in [0, 0.05) is 11.1 Å². The van der Waals surface area contributed by atoms with Gasteiger partial charge in [-0.3, -0.25) is 0 Å². The molecule has 0 aliphatic rings. The topological polar surface area (TPSA) is 53.6 Å². The SMILES string of the molecule is Cc1cnc(CNc2nc3ccc(F)cc3[nH]2)s1. The fourth-order valence-corrected chi connectivity index (χ4v) is 2.43. The molecule has 0 amide bonds. The molecule has 3 aromatic rings. The first-order valence-corrected chi connectivity index (χ1v) is 6.33. The number of imidazole rings is 1. The van der Waals surface area contributed by atoms with Crippen molar-refractivity contribution < 1.29 is 4.39 Å². The molecule has 18 heavy (non-hydrogen) atoms. The number of benzene rings is 1. The highest BCUT2D eigenvalue weighted by atomic mass is 32.1. The zero-order chi connectivity index (χ0) is 12.5. The van der Waals surface area contributed by atoms with Crippen LogP contribution in [0.15, 0.2) is 24.4 Å². The Balaban J connectivity index is 1.78. The minimum Gasteiger partial charge on any atom is -0.349 e. The van der Waals surface area contributed by atoms with Crippen LogP contribution in [-0.4, -0.2) is 15.0 Å². The number of aryl methyl sites for hydroxylation is 1. The Morgan fingerprint density at radius 2 is 2.33 bits per heavy atom. The molecule has 6 heteroatoms. The average Bonchev–Trinajstić information content (AvgIpc) is 2.92. The third kappa shape index (κ3) is 2.19. The first kappa shape index (κ1) is 11.2. The summed E-state index contributed by atoms with van der Waals surface area (Å²) in [7, 11) is 0. The summed E-state index contributed by atoms with van der Waals surface area (Å²) in [5.74, 6) is 0.358. The zero-order valence-corrected chi connectivity index (χ0v) is 10.5. The summed E-state index contributed by atoms with van der Waals surface area (Å²) >= 11 is 1.64. The molecule has 0 saturated carbocycles. The minimum atomic E-state index is -0.270. The molecule has 0 bridgehead atoms. The summed E-state index contributed by atoms with van der Waals surface area (Å²) in [5.41, 5.74) is 1.43. The lowest BCUT2D eigenvalue weighted by Gasteiger charge is -1.97. The van der Waals surface area contributed by atoms with Crippen LogP contribution in [0, 0.1) is 12.7 Å². The van der Waals surface area contributed by atoms with E-state index in [0.717, 1.165) is 10.5 Å². The second-order valence-corrected chi connectivity index (χ2v) is 5.28. The summed E-state index contributed by atoms with van der Waals surface area (Å²) < 4.78 is 13.0. The number of aromatic nitrogens is 3. The maximum atomic E-state index is 13.0. The first-order chi connectivity index (χ1) is 8.70. The number of aromatic amines is 1. The van der Waals surface area contributed by atoms with Crippen molar-refractivity contribution in [2.75, 3.05) is 5.32 Å². The molecule has 2 heterocycles. The fourth-order valence-electron chi connectivity index (χ4n) is 1.71. The van der Waals surface area contributed by atoms with Crippen molar-refractivity contribution in [3.63, 3.8) is 0 Å². The Morgan fingerprint density at radius 3 is 3.11 bits per heavy atom. The van der Waals surface area contributed by atoms with E-state index >= 15 is 0 Å². The smallest absolute Gasteiger partial charge is 0.201 e. The minimum absolute atomic E-state index is 0.270. The van der Waals surface area contributed by atoms with E-state index in [9.17, 15) is 4.39 Å². The Labute approximate surface area is 107 Å². The van der Waals surface area contributed by atoms with Crippen LogP contribution in [0.3, 0.4) is 0 Å². The molecule has 92 valence electrons. The predicted octanol–water partition coefficient (Wildman–Crippen LogP) is 3.08. The second-order valence-electron chi connectivity index (χ2n) is 3.97. The average molecular weight is 262 g/mol. The molecule has 4 nitrogen and oxygen atoms in total. The van der Waals surface area contributed by atoms with Gasteiger partial charge < -0.3 is 10.3 Å². The third-order valence-electron chi connectivity index (χ3n) is 2.52. The van der Waals surface area contributed by atoms with Crippen LogP contribution in [0.4, 0.5) is 10.3 Å². The largest absolute Gasteiger partial charge is 0.349 e. The first-order valence-electron chi connectivity index (χ1n) is 5.51. The predicted molar refractivity (Wildman–Crippen MR) is 70.2 cm³/mol. The molecule has 0 fully saturated rings. The number of H-pyrrole nitrogens is 1. The summed E-state index contributed by atoms with van der Waals surface area (Å²) in [6.07, 6.45) is 1.84. The molecule has 2 aromatic heterocycles. The van der Waals surface area contributed by atoms with Gasteiger partial charge in [0.1, 0.15) is 10.8 Å². The van der Waals surface area contributed by atoms with Crippen molar-refractivity contribution >= 4 is 28.3 Å². The summed E-state index contributed by atoms with van der Waals surface area (Å²) in [4.78, 5) is 12.8. The highest BCUT2D eigenvalue weighted by Crippen LogP contribution is 2.17. The Morgan fingerprint density at radius 1 is 1.44 bits per heavy atom. The molecule has 0 radical (unpaired) electrons. The number of thiazole rings is 1. The van der Waals surface area contributed by atoms with Crippen LogP contribution in [-0.2, 0) is 6.54 Å². The number of hydrogen-bond acceptors (Lipinski definition) is 4. The van der Waals surface area contributed by atoms with Gasteiger partial charge in [-0.05, 0) is 25.1 Å². The van der Waals surface area contributed by atoms with Crippen molar-refractivity contribution in [2.45, 2.75) is 13.5 Å². The Hall–Kier alpha value is -1.95. The molecule has 0 saturated heterocycles. The van der Waals surface area contributed by atoms with Gasteiger partial charge >= 0.3 is 0 Å². The zero-order valence-electron chi connectivity index (χ0n) is 9.70. The van der Waals surface area contributed by atoms with Crippen molar-refractivity contribution in [1.29, 1.82) is 0 Å². The van der Waals surface area contributed by atoms with Crippen molar-refractivity contribution in [2.24, 2.45) is 0 Å². The molecule has 2 N–H and O–H groups in total. The molecular weight excluding hydrogens is 251 g/mol. The van der Waals surface area contributed by atoms with Crippen LogP contribution in [0.1, 0.15) is 9.88 Å². The van der Waals surface area contributed by atoms with E-state index in [1.165, 1.54) is 17.0 Å². The van der Waals surface area contributed by atoms with E-state index in [4.69, 9.17) is 0 Å². The maximum Gasteiger partial charge on any atom is 0.201 e. The van der Waals surface area contributed by atoms with Crippen molar-refractivity contribution in [3.05, 3.63) is 40.1 Å². The molecule has 0 aliphatic heterocycles. The van der Waals surface area contributed by atoms with Crippen LogP contribution in [0.2, 0.25) is 0 Å². The lowest BCUT2D eigenvalue weighted by atomic mass is 10.3. The third-order valence-corrected chi connectivity index (χ3v) is 3.43. The van der Waals surface area contributed by atoms with Gasteiger partial charge in [-0.1, -0.05) is 0 Å². The van der Waals surface area contributed by atoms with Gasteiger partial charge in [-0.25, -0.2) is 14.4 Å². The monoisotopic (exact) mass is 262 g/mol. The van der Waals surface area contributed by atoms with Gasteiger partial charge in [0.05, 0.1) is 17.6 Å². The van der Waals surface area contributed by atoms with E-state index in [0.29, 0.717) is 18.0 Å². The molecule has 0 spiro atoms. The quantitative estimate of drug-likeness (QED) is 0.762. The Bertz CT molecular complexity index is 688. The summed E-state index contributed by atoms with van der Waals surface area (Å²) in [6, 6.07) is 4.48. The van der Waals surface area contributed by atoms with Crippen LogP contribution >= 0.6 is 11.3 Å². The maximum absolute atomic E-state index is 13.0. The van der Waals surface area contributed by atoms with E-state index in [-0.39, 0.29) is 5.82 Å². The lowest BCUT2D eigenvalue weighted by Crippen LogP contribution is -1.99. The number of nitrogens with one attached hydrogen (secondary N) is 2. The number of anilines is 1. The van der Waals surface area contributed by atoms with Gasteiger partial charge in [0.15, 0.2) is 0 Å². The van der Waals surface area contributed by atoms with Gasteiger partial charge in [0.25, 0.3) is 0 Å². The molecule has 1 aromatic carbocycles. The Kier molecular flexibility index (Phi) is 2.71. The summed E-state index contributed by atoms with van der Waals surface area (Å²) in [6.45, 7) is 2.63. The highest BCUT2D eigenvalue weighted by molar-refractivity contribution is 7.11. The molecule has 0 atom stereocenters. The molecule has 0 unspecified atom stereocenters. The molecule has 3 rings (SSSR count). The van der Waals surface area contributed by atoms with Gasteiger partial charge in [-0.15, -0.1) is 11.3 Å². The van der Waals surface area contributed by atoms with Gasteiger partial charge in [-0.2, -0.15) is 0 Å². The van der Waals surface area contributed by atoms with E-state index in [1.807, 2.05) is 13.1 Å². The van der Waals surface area contributed by atoms with Gasteiger partial charge in [0.2, 0.25) is 5.95 Å².